The number of nitrogens with one attached hydrogen (secondary N) is 1. The standard InChI is InChI=1S/C62H121NO5/c1-3-5-7-9-11-13-15-16-17-28-31-35-38-42-46-50-54-60(65)59(58-64)63-61(66)55-51-47-43-39-36-32-29-26-24-22-20-18-19-21-23-25-27-30-33-37-41-45-49-53-57-68-62(67)56-52-48-44-40-34-14-12-10-8-6-4-2/h10,12,59-60,64-65H,3-9,11,13-58H2,1-2H3,(H,63,66)/b12-10-. The van der Waals surface area contributed by atoms with E-state index in [1.807, 2.05) is 0 Å². The molecule has 0 fully saturated rings. The maximum Gasteiger partial charge on any atom is 0.305 e. The minimum atomic E-state index is -0.663. The summed E-state index contributed by atoms with van der Waals surface area (Å²) in [5.74, 6) is -0.0261. The average Bonchev–Trinajstić information content (AvgIpc) is 3.34. The number of aliphatic hydroxyl groups is 2. The molecule has 0 aliphatic heterocycles. The number of unbranched alkanes of at least 4 members (excludes halogenated alkanes) is 45. The number of hydrogen-bond donors (Lipinski definition) is 3. The number of amides is 1. The molecule has 68 heavy (non-hydrogen) atoms. The highest BCUT2D eigenvalue weighted by Gasteiger charge is 2.20. The van der Waals surface area contributed by atoms with Gasteiger partial charge in [-0.05, 0) is 44.9 Å². The van der Waals surface area contributed by atoms with E-state index in [1.54, 1.807) is 0 Å². The Morgan fingerprint density at radius 1 is 0.397 bits per heavy atom. The summed E-state index contributed by atoms with van der Waals surface area (Å²) < 4.78 is 5.46. The van der Waals surface area contributed by atoms with Crippen LogP contribution in [-0.4, -0.2) is 47.4 Å². The quantitative estimate of drug-likeness (QED) is 0.0321. The van der Waals surface area contributed by atoms with Crippen molar-refractivity contribution < 1.29 is 24.5 Å². The van der Waals surface area contributed by atoms with E-state index in [1.165, 1.54) is 270 Å². The number of carbonyl (C=O) groups is 2. The van der Waals surface area contributed by atoms with Crippen molar-refractivity contribution in [1.29, 1.82) is 0 Å². The van der Waals surface area contributed by atoms with E-state index in [0.29, 0.717) is 25.9 Å². The van der Waals surface area contributed by atoms with E-state index in [-0.39, 0.29) is 18.5 Å². The molecule has 2 unspecified atom stereocenters. The molecule has 6 heteroatoms. The molecule has 0 heterocycles. The molecule has 404 valence electrons. The van der Waals surface area contributed by atoms with Crippen LogP contribution in [0.2, 0.25) is 0 Å². The van der Waals surface area contributed by atoms with Gasteiger partial charge in [0.25, 0.3) is 0 Å². The van der Waals surface area contributed by atoms with Crippen LogP contribution in [0.3, 0.4) is 0 Å². The molecule has 6 nitrogen and oxygen atoms in total. The first-order chi connectivity index (χ1) is 33.5. The smallest absolute Gasteiger partial charge is 0.305 e. The van der Waals surface area contributed by atoms with Crippen molar-refractivity contribution in [3.05, 3.63) is 12.2 Å². The lowest BCUT2D eigenvalue weighted by Crippen LogP contribution is -2.45. The van der Waals surface area contributed by atoms with Gasteiger partial charge in [0.15, 0.2) is 0 Å². The van der Waals surface area contributed by atoms with Gasteiger partial charge in [-0.15, -0.1) is 0 Å². The summed E-state index contributed by atoms with van der Waals surface area (Å²) >= 11 is 0. The van der Waals surface area contributed by atoms with Crippen LogP contribution in [0.25, 0.3) is 0 Å². The predicted octanol–water partition coefficient (Wildman–Crippen LogP) is 19.2. The Bertz CT molecular complexity index is 1020. The third-order valence-corrected chi connectivity index (χ3v) is 14.6. The molecule has 0 spiro atoms. The summed E-state index contributed by atoms with van der Waals surface area (Å²) in [6.45, 7) is 4.94. The first-order valence-electron chi connectivity index (χ1n) is 30.9. The van der Waals surface area contributed by atoms with Gasteiger partial charge in [0.2, 0.25) is 5.91 Å². The molecule has 0 radical (unpaired) electrons. The van der Waals surface area contributed by atoms with Crippen molar-refractivity contribution in [2.45, 2.75) is 360 Å². The highest BCUT2D eigenvalue weighted by atomic mass is 16.5. The molecule has 0 aliphatic carbocycles. The zero-order chi connectivity index (χ0) is 49.3. The summed E-state index contributed by atoms with van der Waals surface area (Å²) in [4.78, 5) is 24.5. The fraction of sp³-hybridized carbons (Fsp3) is 0.935. The molecular weight excluding hydrogens is 839 g/mol. The van der Waals surface area contributed by atoms with E-state index < -0.39 is 12.1 Å². The number of esters is 1. The lowest BCUT2D eigenvalue weighted by Gasteiger charge is -2.22. The predicted molar refractivity (Wildman–Crippen MR) is 297 cm³/mol. The molecule has 0 saturated heterocycles. The van der Waals surface area contributed by atoms with Gasteiger partial charge >= 0.3 is 5.97 Å². The number of allylic oxidation sites excluding steroid dienone is 2. The molecule has 1 amide bonds. The van der Waals surface area contributed by atoms with E-state index in [0.717, 1.165) is 44.9 Å². The second kappa shape index (κ2) is 58.2. The fourth-order valence-electron chi connectivity index (χ4n) is 9.80. The summed E-state index contributed by atoms with van der Waals surface area (Å²) in [5, 5.41) is 23.3. The van der Waals surface area contributed by atoms with Crippen LogP contribution in [0.15, 0.2) is 12.2 Å². The minimum Gasteiger partial charge on any atom is -0.466 e. The molecule has 3 N–H and O–H groups in total. The lowest BCUT2D eigenvalue weighted by atomic mass is 10.0. The van der Waals surface area contributed by atoms with Gasteiger partial charge in [0.05, 0.1) is 25.4 Å². The molecule has 0 rings (SSSR count). The summed E-state index contributed by atoms with van der Waals surface area (Å²) in [6.07, 6.45) is 69.4. The topological polar surface area (TPSA) is 95.9 Å². The van der Waals surface area contributed by atoms with Gasteiger partial charge in [0, 0.05) is 12.8 Å². The Labute approximate surface area is 425 Å². The maximum absolute atomic E-state index is 12.5. The van der Waals surface area contributed by atoms with E-state index in [9.17, 15) is 19.8 Å². The molecule has 0 aliphatic rings. The second-order valence-corrected chi connectivity index (χ2v) is 21.4. The summed E-state index contributed by atoms with van der Waals surface area (Å²) in [6, 6.07) is -0.540. The van der Waals surface area contributed by atoms with Gasteiger partial charge < -0.3 is 20.3 Å². The Morgan fingerprint density at radius 3 is 1.09 bits per heavy atom. The zero-order valence-corrected chi connectivity index (χ0v) is 46.1. The van der Waals surface area contributed by atoms with Crippen molar-refractivity contribution in [3.8, 4) is 0 Å². The van der Waals surface area contributed by atoms with Crippen LogP contribution < -0.4 is 5.32 Å². The van der Waals surface area contributed by atoms with Crippen LogP contribution in [0.5, 0.6) is 0 Å². The van der Waals surface area contributed by atoms with Crippen molar-refractivity contribution in [3.63, 3.8) is 0 Å². The van der Waals surface area contributed by atoms with Crippen LogP contribution >= 0.6 is 0 Å². The van der Waals surface area contributed by atoms with Crippen LogP contribution in [-0.2, 0) is 14.3 Å². The van der Waals surface area contributed by atoms with Crippen molar-refractivity contribution in [1.82, 2.24) is 5.32 Å². The number of rotatable bonds is 58. The first kappa shape index (κ1) is 66.6. The maximum atomic E-state index is 12.5. The largest absolute Gasteiger partial charge is 0.466 e. The number of hydrogen-bond acceptors (Lipinski definition) is 5. The van der Waals surface area contributed by atoms with Crippen molar-refractivity contribution in [2.24, 2.45) is 0 Å². The highest BCUT2D eigenvalue weighted by Crippen LogP contribution is 2.18. The zero-order valence-electron chi connectivity index (χ0n) is 46.1. The Morgan fingerprint density at radius 2 is 0.706 bits per heavy atom. The third-order valence-electron chi connectivity index (χ3n) is 14.6. The molecule has 0 aromatic rings. The molecule has 2 atom stereocenters. The molecule has 0 aromatic carbocycles. The summed E-state index contributed by atoms with van der Waals surface area (Å²) in [5.41, 5.74) is 0. The second-order valence-electron chi connectivity index (χ2n) is 21.4. The van der Waals surface area contributed by atoms with Crippen LogP contribution in [0.4, 0.5) is 0 Å². The molecule has 0 bridgehead atoms. The summed E-state index contributed by atoms with van der Waals surface area (Å²) in [7, 11) is 0. The normalized spacial score (nSPS) is 12.6. The van der Waals surface area contributed by atoms with Gasteiger partial charge in [0.1, 0.15) is 0 Å². The van der Waals surface area contributed by atoms with E-state index in [2.05, 4.69) is 31.3 Å². The number of aliphatic hydroxyl groups excluding tert-OH is 2. The Hall–Kier alpha value is -1.40. The van der Waals surface area contributed by atoms with E-state index in [4.69, 9.17) is 4.74 Å². The number of carbonyl (C=O) groups excluding carboxylic acids is 2. The van der Waals surface area contributed by atoms with Crippen molar-refractivity contribution >= 4 is 11.9 Å². The number of ether oxygens (including phenoxy) is 1. The third kappa shape index (κ3) is 53.9. The van der Waals surface area contributed by atoms with E-state index >= 15 is 0 Å². The average molecular weight is 961 g/mol. The van der Waals surface area contributed by atoms with Crippen molar-refractivity contribution in [2.75, 3.05) is 13.2 Å². The van der Waals surface area contributed by atoms with Crippen LogP contribution in [0.1, 0.15) is 348 Å². The molecular formula is C62H121NO5. The van der Waals surface area contributed by atoms with Gasteiger partial charge in [-0.25, -0.2) is 0 Å². The minimum absolute atomic E-state index is 0.00490. The monoisotopic (exact) mass is 960 g/mol. The SMILES string of the molecule is CCCC/C=C\CCCCCCCC(=O)OCCCCCCCCCCCCCCCCCCCCCCCCCCC(=O)NC(CO)C(O)CCCCCCCCCCCCCCCCCC. The van der Waals surface area contributed by atoms with Crippen LogP contribution in [0, 0.1) is 0 Å². The first-order valence-corrected chi connectivity index (χ1v) is 30.9. The Kier molecular flexibility index (Phi) is 57.0. The molecule has 0 aromatic heterocycles. The lowest BCUT2D eigenvalue weighted by molar-refractivity contribution is -0.143. The van der Waals surface area contributed by atoms with Gasteiger partial charge in [-0.3, -0.25) is 9.59 Å². The van der Waals surface area contributed by atoms with Gasteiger partial charge in [-0.2, -0.15) is 0 Å². The fourth-order valence-corrected chi connectivity index (χ4v) is 9.80. The van der Waals surface area contributed by atoms with Gasteiger partial charge in [-0.1, -0.05) is 302 Å². The molecule has 0 saturated carbocycles. The Balaban J connectivity index is 3.36. The highest BCUT2D eigenvalue weighted by molar-refractivity contribution is 5.76.